The van der Waals surface area contributed by atoms with Crippen molar-refractivity contribution < 1.29 is 14.3 Å². The zero-order valence-corrected chi connectivity index (χ0v) is 17.3. The molecule has 152 valence electrons. The quantitative estimate of drug-likeness (QED) is 0.812. The van der Waals surface area contributed by atoms with Gasteiger partial charge in [-0.15, -0.1) is 0 Å². The number of aryl methyl sites for hydroxylation is 2. The summed E-state index contributed by atoms with van der Waals surface area (Å²) in [4.78, 5) is 28.5. The molecule has 2 aromatic rings. The predicted molar refractivity (Wildman–Crippen MR) is 108 cm³/mol. The number of carbonyl (C=O) groups is 2. The minimum atomic E-state index is -0.510. The minimum Gasteiger partial charge on any atom is -0.444 e. The Hall–Kier alpha value is -2.57. The molecule has 3 rings (SSSR count). The third kappa shape index (κ3) is 4.82. The molecule has 7 nitrogen and oxygen atoms in total. The molecular formula is C21H30N4O3. The topological polar surface area (TPSA) is 67.7 Å². The zero-order valence-electron chi connectivity index (χ0n) is 17.3. The SMILES string of the molecule is Cc1nn(CCC(=O)N2CCCN(C(=O)OC(C)(C)C)CC2)c2ccccc12. The zero-order chi connectivity index (χ0) is 20.3. The molecule has 1 aliphatic heterocycles. The summed E-state index contributed by atoms with van der Waals surface area (Å²) in [6.07, 6.45) is 0.854. The van der Waals surface area contributed by atoms with Crippen LogP contribution in [0.4, 0.5) is 4.79 Å². The lowest BCUT2D eigenvalue weighted by molar-refractivity contribution is -0.131. The molecule has 0 aliphatic carbocycles. The van der Waals surface area contributed by atoms with Crippen LogP contribution in [0.25, 0.3) is 10.9 Å². The monoisotopic (exact) mass is 386 g/mol. The fourth-order valence-corrected chi connectivity index (χ4v) is 3.50. The van der Waals surface area contributed by atoms with E-state index >= 15 is 0 Å². The molecule has 1 fully saturated rings. The number of amides is 2. The van der Waals surface area contributed by atoms with Crippen LogP contribution in [0.1, 0.15) is 39.3 Å². The van der Waals surface area contributed by atoms with Gasteiger partial charge in [0, 0.05) is 38.0 Å². The van der Waals surface area contributed by atoms with Gasteiger partial charge >= 0.3 is 6.09 Å². The van der Waals surface area contributed by atoms with Crippen LogP contribution < -0.4 is 0 Å². The maximum Gasteiger partial charge on any atom is 0.410 e. The second kappa shape index (κ2) is 8.20. The Labute approximate surface area is 166 Å². The molecule has 0 radical (unpaired) electrons. The minimum absolute atomic E-state index is 0.100. The standard InChI is InChI=1S/C21H30N4O3/c1-16-17-8-5-6-9-18(17)25(22-16)13-10-19(26)23-11-7-12-24(15-14-23)20(27)28-21(2,3)4/h5-6,8-9H,7,10-15H2,1-4H3. The molecule has 1 aromatic carbocycles. The van der Waals surface area contributed by atoms with Crippen LogP contribution in [0.5, 0.6) is 0 Å². The van der Waals surface area contributed by atoms with Gasteiger partial charge in [-0.3, -0.25) is 9.48 Å². The number of para-hydroxylation sites is 1. The summed E-state index contributed by atoms with van der Waals surface area (Å²) in [7, 11) is 0. The van der Waals surface area contributed by atoms with E-state index in [2.05, 4.69) is 11.2 Å². The third-order valence-corrected chi connectivity index (χ3v) is 4.88. The van der Waals surface area contributed by atoms with Crippen LogP contribution in [-0.4, -0.2) is 63.4 Å². The second-order valence-corrected chi connectivity index (χ2v) is 8.28. The van der Waals surface area contributed by atoms with Crippen molar-refractivity contribution in [2.75, 3.05) is 26.2 Å². The molecule has 0 saturated carbocycles. The van der Waals surface area contributed by atoms with Gasteiger partial charge in [-0.05, 0) is 40.2 Å². The summed E-state index contributed by atoms with van der Waals surface area (Å²) in [5.41, 5.74) is 1.52. The lowest BCUT2D eigenvalue weighted by Crippen LogP contribution is -2.40. The van der Waals surface area contributed by atoms with Gasteiger partial charge in [-0.2, -0.15) is 5.10 Å². The summed E-state index contributed by atoms with van der Waals surface area (Å²) in [5.74, 6) is 0.100. The summed E-state index contributed by atoms with van der Waals surface area (Å²) in [6.45, 7) is 10.4. The number of fused-ring (bicyclic) bond motifs is 1. The number of carbonyl (C=O) groups excluding carboxylic acids is 2. The van der Waals surface area contributed by atoms with E-state index in [-0.39, 0.29) is 12.0 Å². The molecule has 0 atom stereocenters. The fourth-order valence-electron chi connectivity index (χ4n) is 3.50. The summed E-state index contributed by atoms with van der Waals surface area (Å²) in [6, 6.07) is 8.07. The van der Waals surface area contributed by atoms with E-state index in [1.165, 1.54) is 0 Å². The van der Waals surface area contributed by atoms with Gasteiger partial charge in [0.15, 0.2) is 0 Å². The molecular weight excluding hydrogens is 356 g/mol. The van der Waals surface area contributed by atoms with Crippen LogP contribution >= 0.6 is 0 Å². The van der Waals surface area contributed by atoms with Gasteiger partial charge in [-0.25, -0.2) is 4.79 Å². The van der Waals surface area contributed by atoms with Crippen LogP contribution in [0.2, 0.25) is 0 Å². The van der Waals surface area contributed by atoms with Crippen LogP contribution in [0, 0.1) is 6.92 Å². The third-order valence-electron chi connectivity index (χ3n) is 4.88. The number of ether oxygens (including phenoxy) is 1. The van der Waals surface area contributed by atoms with Crippen molar-refractivity contribution in [3.8, 4) is 0 Å². The first-order valence-electron chi connectivity index (χ1n) is 9.92. The van der Waals surface area contributed by atoms with Gasteiger partial charge in [0.2, 0.25) is 5.91 Å². The van der Waals surface area contributed by atoms with Crippen molar-refractivity contribution in [1.29, 1.82) is 0 Å². The highest BCUT2D eigenvalue weighted by Crippen LogP contribution is 2.18. The number of benzene rings is 1. The van der Waals surface area contributed by atoms with Gasteiger partial charge in [-0.1, -0.05) is 18.2 Å². The van der Waals surface area contributed by atoms with Crippen molar-refractivity contribution >= 4 is 22.9 Å². The Balaban J connectivity index is 1.56. The molecule has 0 unspecified atom stereocenters. The number of hydrogen-bond donors (Lipinski definition) is 0. The molecule has 7 heteroatoms. The first-order valence-corrected chi connectivity index (χ1v) is 9.92. The van der Waals surface area contributed by atoms with E-state index in [4.69, 9.17) is 4.74 Å². The van der Waals surface area contributed by atoms with Crippen LogP contribution in [0.15, 0.2) is 24.3 Å². The number of rotatable bonds is 3. The van der Waals surface area contributed by atoms with Crippen molar-refractivity contribution in [2.45, 2.75) is 52.7 Å². The van der Waals surface area contributed by atoms with Crippen molar-refractivity contribution in [3.63, 3.8) is 0 Å². The van der Waals surface area contributed by atoms with E-state index in [9.17, 15) is 9.59 Å². The first kappa shape index (κ1) is 20.2. The Morgan fingerprint density at radius 1 is 1.07 bits per heavy atom. The predicted octanol–water partition coefficient (Wildman–Crippen LogP) is 3.20. The van der Waals surface area contributed by atoms with Gasteiger partial charge in [0.05, 0.1) is 17.8 Å². The number of nitrogens with zero attached hydrogens (tertiary/aromatic N) is 4. The molecule has 1 saturated heterocycles. The molecule has 2 heterocycles. The van der Waals surface area contributed by atoms with Crippen molar-refractivity contribution in [1.82, 2.24) is 19.6 Å². The molecule has 28 heavy (non-hydrogen) atoms. The van der Waals surface area contributed by atoms with E-state index in [1.54, 1.807) is 4.90 Å². The average molecular weight is 386 g/mol. The smallest absolute Gasteiger partial charge is 0.410 e. The maximum absolute atomic E-state index is 12.7. The maximum atomic E-state index is 12.7. The number of aromatic nitrogens is 2. The largest absolute Gasteiger partial charge is 0.444 e. The molecule has 1 aliphatic rings. The summed E-state index contributed by atoms with van der Waals surface area (Å²) >= 11 is 0. The van der Waals surface area contributed by atoms with Crippen LogP contribution in [0.3, 0.4) is 0 Å². The van der Waals surface area contributed by atoms with E-state index in [0.717, 1.165) is 23.0 Å². The molecule has 2 amide bonds. The van der Waals surface area contributed by atoms with E-state index < -0.39 is 5.60 Å². The second-order valence-electron chi connectivity index (χ2n) is 8.28. The molecule has 0 bridgehead atoms. The summed E-state index contributed by atoms with van der Waals surface area (Å²) < 4.78 is 7.36. The fraction of sp³-hybridized carbons (Fsp3) is 0.571. The lowest BCUT2D eigenvalue weighted by atomic mass is 10.2. The highest BCUT2D eigenvalue weighted by molar-refractivity contribution is 5.82. The Morgan fingerprint density at radius 3 is 2.50 bits per heavy atom. The number of hydrogen-bond acceptors (Lipinski definition) is 4. The molecule has 0 spiro atoms. The Kier molecular flexibility index (Phi) is 5.91. The van der Waals surface area contributed by atoms with Crippen molar-refractivity contribution in [2.24, 2.45) is 0 Å². The highest BCUT2D eigenvalue weighted by Gasteiger charge is 2.25. The van der Waals surface area contributed by atoms with Crippen molar-refractivity contribution in [3.05, 3.63) is 30.0 Å². The van der Waals surface area contributed by atoms with Gasteiger partial charge < -0.3 is 14.5 Å². The van der Waals surface area contributed by atoms with Gasteiger partial charge in [0.1, 0.15) is 5.60 Å². The normalized spacial score (nSPS) is 15.6. The molecule has 1 aromatic heterocycles. The van der Waals surface area contributed by atoms with Crippen LogP contribution in [-0.2, 0) is 16.1 Å². The Bertz CT molecular complexity index is 853. The average Bonchev–Trinajstić information content (AvgIpc) is 2.81. The summed E-state index contributed by atoms with van der Waals surface area (Å²) in [5, 5.41) is 5.69. The first-order chi connectivity index (χ1) is 13.2. The molecule has 0 N–H and O–H groups in total. The van der Waals surface area contributed by atoms with E-state index in [1.807, 2.05) is 55.5 Å². The van der Waals surface area contributed by atoms with Gasteiger partial charge in [0.25, 0.3) is 0 Å². The van der Waals surface area contributed by atoms with E-state index in [0.29, 0.717) is 39.1 Å². The Morgan fingerprint density at radius 2 is 1.75 bits per heavy atom. The lowest BCUT2D eigenvalue weighted by Gasteiger charge is -2.26. The highest BCUT2D eigenvalue weighted by atomic mass is 16.6.